The summed E-state index contributed by atoms with van der Waals surface area (Å²) < 4.78 is 0. The Labute approximate surface area is 153 Å². The summed E-state index contributed by atoms with van der Waals surface area (Å²) in [5.74, 6) is 0.101. The summed E-state index contributed by atoms with van der Waals surface area (Å²) in [5.41, 5.74) is 9.38. The Morgan fingerprint density at radius 2 is 1.77 bits per heavy atom. The van der Waals surface area contributed by atoms with Crippen molar-refractivity contribution in [3.8, 4) is 0 Å². The molecule has 2 aromatic rings. The molecule has 3 N–H and O–H groups in total. The zero-order chi connectivity index (χ0) is 18.1. The number of urea groups is 1. The molecule has 1 atom stereocenters. The molecule has 5 heteroatoms. The van der Waals surface area contributed by atoms with Gasteiger partial charge in [-0.3, -0.25) is 4.79 Å². The number of carbonyl (C=O) groups excluding carboxylic acids is 2. The van der Waals surface area contributed by atoms with Gasteiger partial charge in [-0.25, -0.2) is 4.79 Å². The van der Waals surface area contributed by atoms with Crippen molar-refractivity contribution in [3.05, 3.63) is 70.8 Å². The van der Waals surface area contributed by atoms with Crippen molar-refractivity contribution in [1.29, 1.82) is 0 Å². The van der Waals surface area contributed by atoms with E-state index in [9.17, 15) is 9.59 Å². The number of hydrogen-bond acceptors (Lipinski definition) is 2. The fraction of sp³-hybridized carbons (Fsp3) is 0.333. The number of benzene rings is 2. The summed E-state index contributed by atoms with van der Waals surface area (Å²) in [6.07, 6.45) is 4.22. The van der Waals surface area contributed by atoms with Gasteiger partial charge in [-0.1, -0.05) is 36.4 Å². The van der Waals surface area contributed by atoms with E-state index in [1.54, 1.807) is 0 Å². The second kappa shape index (κ2) is 6.83. The minimum Gasteiger partial charge on any atom is -0.352 e. The number of fused-ring (bicyclic) bond motifs is 1. The second-order valence-electron chi connectivity index (χ2n) is 7.11. The molecule has 134 valence electrons. The topological polar surface area (TPSA) is 75.4 Å². The van der Waals surface area contributed by atoms with Crippen molar-refractivity contribution in [2.45, 2.75) is 44.3 Å². The number of nitrogens with two attached hydrogens (primary N) is 1. The third-order valence-corrected chi connectivity index (χ3v) is 5.28. The zero-order valence-corrected chi connectivity index (χ0v) is 14.7. The van der Waals surface area contributed by atoms with Crippen LogP contribution in [0.3, 0.4) is 0 Å². The van der Waals surface area contributed by atoms with Gasteiger partial charge < -0.3 is 16.0 Å². The van der Waals surface area contributed by atoms with Gasteiger partial charge in [-0.05, 0) is 54.5 Å². The van der Waals surface area contributed by atoms with Gasteiger partial charge in [-0.2, -0.15) is 0 Å². The summed E-state index contributed by atoms with van der Waals surface area (Å²) in [4.78, 5) is 26.2. The molecule has 0 unspecified atom stereocenters. The van der Waals surface area contributed by atoms with E-state index in [1.165, 1.54) is 11.1 Å². The average Bonchev–Trinajstić information content (AvgIpc) is 3.40. The van der Waals surface area contributed by atoms with E-state index in [-0.39, 0.29) is 11.9 Å². The van der Waals surface area contributed by atoms with Crippen LogP contribution in [-0.2, 0) is 13.0 Å². The van der Waals surface area contributed by atoms with Crippen LogP contribution in [-0.4, -0.2) is 22.9 Å². The monoisotopic (exact) mass is 349 g/mol. The Kier molecular flexibility index (Phi) is 4.37. The predicted molar refractivity (Wildman–Crippen MR) is 99.6 cm³/mol. The summed E-state index contributed by atoms with van der Waals surface area (Å²) in [5, 5.41) is 2.56. The summed E-state index contributed by atoms with van der Waals surface area (Å²) in [6.45, 7) is 0.367. The van der Waals surface area contributed by atoms with Gasteiger partial charge in [0.15, 0.2) is 0 Å². The second-order valence-corrected chi connectivity index (χ2v) is 7.11. The van der Waals surface area contributed by atoms with Gasteiger partial charge in [0.05, 0.1) is 6.04 Å². The number of rotatable bonds is 5. The Bertz CT molecular complexity index is 827. The quantitative estimate of drug-likeness (QED) is 0.870. The maximum Gasteiger partial charge on any atom is 0.312 e. The van der Waals surface area contributed by atoms with E-state index in [0.29, 0.717) is 18.2 Å². The van der Waals surface area contributed by atoms with Crippen LogP contribution in [0.25, 0.3) is 0 Å². The first-order valence-corrected chi connectivity index (χ1v) is 9.16. The number of carbonyl (C=O) groups is 2. The van der Waals surface area contributed by atoms with E-state index in [4.69, 9.17) is 5.73 Å². The third kappa shape index (κ3) is 3.29. The Morgan fingerprint density at radius 3 is 2.46 bits per heavy atom. The van der Waals surface area contributed by atoms with Crippen molar-refractivity contribution in [1.82, 2.24) is 10.2 Å². The highest BCUT2D eigenvalue weighted by Crippen LogP contribution is 2.42. The molecular weight excluding hydrogens is 326 g/mol. The largest absolute Gasteiger partial charge is 0.352 e. The molecule has 2 aromatic carbocycles. The Hall–Kier alpha value is -2.82. The highest BCUT2D eigenvalue weighted by atomic mass is 16.2. The molecule has 4 rings (SSSR count). The molecule has 0 bridgehead atoms. The smallest absolute Gasteiger partial charge is 0.312 e. The maximum absolute atomic E-state index is 13.2. The van der Waals surface area contributed by atoms with Crippen LogP contribution in [0.15, 0.2) is 48.5 Å². The number of aryl methyl sites for hydroxylation is 1. The average molecular weight is 349 g/mol. The standard InChI is InChI=1S/C21H23N3O2/c22-21(26)23-13-14-5-7-16(8-6-14)20(25)24(17-10-11-17)19-12-9-15-3-1-2-4-18(15)19/h1-8,17,19H,9-13H2,(H3,22,23,26)/t19-/m1/s1. The summed E-state index contributed by atoms with van der Waals surface area (Å²) >= 11 is 0. The van der Waals surface area contributed by atoms with Crippen LogP contribution in [0.2, 0.25) is 0 Å². The molecule has 0 saturated heterocycles. The molecular formula is C21H23N3O2. The van der Waals surface area contributed by atoms with E-state index >= 15 is 0 Å². The van der Waals surface area contributed by atoms with Gasteiger partial charge >= 0.3 is 6.03 Å². The SMILES string of the molecule is NC(=O)NCc1ccc(C(=O)N(C2CC2)[C@@H]2CCc3ccccc32)cc1. The van der Waals surface area contributed by atoms with Gasteiger partial charge in [0.1, 0.15) is 0 Å². The lowest BCUT2D eigenvalue weighted by atomic mass is 10.0. The van der Waals surface area contributed by atoms with E-state index in [2.05, 4.69) is 34.5 Å². The molecule has 2 aliphatic rings. The number of hydrogen-bond donors (Lipinski definition) is 2. The van der Waals surface area contributed by atoms with Crippen LogP contribution in [0.1, 0.15) is 52.4 Å². The van der Waals surface area contributed by atoms with Crippen LogP contribution in [0.5, 0.6) is 0 Å². The summed E-state index contributed by atoms with van der Waals surface area (Å²) in [7, 11) is 0. The molecule has 1 fully saturated rings. The van der Waals surface area contributed by atoms with Crippen LogP contribution < -0.4 is 11.1 Å². The van der Waals surface area contributed by atoms with Crippen molar-refractivity contribution in [2.24, 2.45) is 5.73 Å². The lowest BCUT2D eigenvalue weighted by Gasteiger charge is -2.30. The molecule has 0 aromatic heterocycles. The Morgan fingerprint density at radius 1 is 1.04 bits per heavy atom. The van der Waals surface area contributed by atoms with Crippen LogP contribution >= 0.6 is 0 Å². The molecule has 0 heterocycles. The Balaban J connectivity index is 1.54. The number of nitrogens with zero attached hydrogens (tertiary/aromatic N) is 1. The fourth-order valence-electron chi connectivity index (χ4n) is 3.84. The molecule has 26 heavy (non-hydrogen) atoms. The van der Waals surface area contributed by atoms with Crippen molar-refractivity contribution in [2.75, 3.05) is 0 Å². The van der Waals surface area contributed by atoms with E-state index < -0.39 is 6.03 Å². The number of primary amides is 1. The highest BCUT2D eigenvalue weighted by Gasteiger charge is 2.40. The first kappa shape index (κ1) is 16.6. The molecule has 5 nitrogen and oxygen atoms in total. The molecule has 1 saturated carbocycles. The van der Waals surface area contributed by atoms with Gasteiger partial charge in [0.25, 0.3) is 5.91 Å². The summed E-state index contributed by atoms with van der Waals surface area (Å²) in [6, 6.07) is 15.9. The predicted octanol–water partition coefficient (Wildman–Crippen LogP) is 3.15. The maximum atomic E-state index is 13.2. The van der Waals surface area contributed by atoms with Gasteiger partial charge in [0, 0.05) is 18.2 Å². The molecule has 0 spiro atoms. The number of amides is 3. The lowest BCUT2D eigenvalue weighted by Crippen LogP contribution is -2.36. The van der Waals surface area contributed by atoms with Crippen LogP contribution in [0, 0.1) is 0 Å². The molecule has 3 amide bonds. The zero-order valence-electron chi connectivity index (χ0n) is 14.7. The molecule has 0 radical (unpaired) electrons. The fourth-order valence-corrected chi connectivity index (χ4v) is 3.84. The minimum absolute atomic E-state index is 0.101. The normalized spacial score (nSPS) is 18.2. The first-order valence-electron chi connectivity index (χ1n) is 9.16. The van der Waals surface area contributed by atoms with Gasteiger partial charge in [0.2, 0.25) is 0 Å². The lowest BCUT2D eigenvalue weighted by molar-refractivity contribution is 0.0658. The third-order valence-electron chi connectivity index (χ3n) is 5.28. The van der Waals surface area contributed by atoms with E-state index in [1.807, 2.05) is 24.3 Å². The minimum atomic E-state index is -0.551. The highest BCUT2D eigenvalue weighted by molar-refractivity contribution is 5.95. The van der Waals surface area contributed by atoms with Crippen molar-refractivity contribution >= 4 is 11.9 Å². The van der Waals surface area contributed by atoms with Crippen molar-refractivity contribution < 1.29 is 9.59 Å². The van der Waals surface area contributed by atoms with Crippen LogP contribution in [0.4, 0.5) is 4.79 Å². The molecule has 0 aliphatic heterocycles. The van der Waals surface area contributed by atoms with Crippen molar-refractivity contribution in [3.63, 3.8) is 0 Å². The number of nitrogens with one attached hydrogen (secondary N) is 1. The van der Waals surface area contributed by atoms with Gasteiger partial charge in [-0.15, -0.1) is 0 Å². The van der Waals surface area contributed by atoms with E-state index in [0.717, 1.165) is 31.2 Å². The first-order chi connectivity index (χ1) is 12.6. The molecule has 2 aliphatic carbocycles.